The van der Waals surface area contributed by atoms with E-state index >= 15 is 4.39 Å². The molecule has 0 unspecified atom stereocenters. The fraction of sp³-hybridized carbons (Fsp3) is 0.400. The normalized spacial score (nSPS) is 17.6. The molecule has 3 aromatic heterocycles. The van der Waals surface area contributed by atoms with Crippen molar-refractivity contribution in [2.24, 2.45) is 13.0 Å². The van der Waals surface area contributed by atoms with Crippen molar-refractivity contribution in [2.75, 3.05) is 56.7 Å². The zero-order chi connectivity index (χ0) is 38.4. The molecule has 0 aliphatic carbocycles. The highest BCUT2D eigenvalue weighted by Crippen LogP contribution is 2.35. The van der Waals surface area contributed by atoms with Gasteiger partial charge in [-0.05, 0) is 73.0 Å². The summed E-state index contributed by atoms with van der Waals surface area (Å²) in [5.74, 6) is 0.410. The third-order valence-corrected chi connectivity index (χ3v) is 11.5. The summed E-state index contributed by atoms with van der Waals surface area (Å²) in [6, 6.07) is 10.7. The average Bonchev–Trinajstić information content (AvgIpc) is 3.63. The number of ether oxygens (including phenoxy) is 1. The van der Waals surface area contributed by atoms with Crippen LogP contribution in [0.3, 0.4) is 0 Å². The number of hydrogen-bond donors (Lipinski definition) is 2. The monoisotopic (exact) mass is 749 g/mol. The largest absolute Gasteiger partial charge is 0.496 e. The van der Waals surface area contributed by atoms with Crippen LogP contribution < -0.4 is 25.4 Å². The van der Waals surface area contributed by atoms with E-state index in [4.69, 9.17) is 4.74 Å². The molecule has 3 fully saturated rings. The summed E-state index contributed by atoms with van der Waals surface area (Å²) in [7, 11) is 5.13. The number of halogens is 1. The predicted molar refractivity (Wildman–Crippen MR) is 207 cm³/mol. The van der Waals surface area contributed by atoms with Crippen LogP contribution in [0.1, 0.15) is 37.7 Å². The van der Waals surface area contributed by atoms with Gasteiger partial charge in [-0.3, -0.25) is 39.6 Å². The first kappa shape index (κ1) is 36.2. The number of urea groups is 1. The minimum absolute atomic E-state index is 0.0561. The number of H-pyrrole nitrogens is 1. The number of imide groups is 1. The molecule has 55 heavy (non-hydrogen) atoms. The number of amides is 4. The van der Waals surface area contributed by atoms with E-state index in [0.717, 1.165) is 74.0 Å². The molecule has 5 aromatic rings. The van der Waals surface area contributed by atoms with Crippen LogP contribution in [0.4, 0.5) is 20.7 Å². The molecule has 3 aliphatic heterocycles. The van der Waals surface area contributed by atoms with Gasteiger partial charge in [0.05, 0.1) is 18.0 Å². The molecule has 3 saturated heterocycles. The maximum atomic E-state index is 15.9. The van der Waals surface area contributed by atoms with Crippen LogP contribution in [0.2, 0.25) is 0 Å². The zero-order valence-electron chi connectivity index (χ0n) is 31.2. The number of benzene rings is 2. The fourth-order valence-corrected chi connectivity index (χ4v) is 8.35. The van der Waals surface area contributed by atoms with Crippen LogP contribution in [-0.2, 0) is 23.2 Å². The van der Waals surface area contributed by atoms with Gasteiger partial charge in [0, 0.05) is 113 Å². The molecule has 3 aliphatic rings. The number of hydrogen-bond acceptors (Lipinski definition) is 9. The molecule has 6 heterocycles. The lowest BCUT2D eigenvalue weighted by molar-refractivity contribution is -0.138. The highest BCUT2D eigenvalue weighted by molar-refractivity contribution is 6.09. The number of aromatic nitrogens is 4. The number of carbonyl (C=O) groups excluding carboxylic acids is 3. The Labute approximate surface area is 316 Å². The first-order valence-electron chi connectivity index (χ1n) is 18.7. The van der Waals surface area contributed by atoms with Gasteiger partial charge < -0.3 is 19.1 Å². The Kier molecular flexibility index (Phi) is 9.71. The summed E-state index contributed by atoms with van der Waals surface area (Å²) in [5.41, 5.74) is 3.48. The Bertz CT molecular complexity index is 2360. The van der Waals surface area contributed by atoms with Gasteiger partial charge >= 0.3 is 6.03 Å². The lowest BCUT2D eigenvalue weighted by atomic mass is 9.93. The van der Waals surface area contributed by atoms with E-state index in [-0.39, 0.29) is 48.1 Å². The number of nitrogens with zero attached hydrogens (tertiary/aromatic N) is 7. The van der Waals surface area contributed by atoms with Crippen LogP contribution in [0.25, 0.3) is 32.8 Å². The maximum absolute atomic E-state index is 15.9. The number of rotatable bonds is 8. The van der Waals surface area contributed by atoms with Crippen LogP contribution in [0.15, 0.2) is 59.8 Å². The molecule has 0 bridgehead atoms. The number of likely N-dealkylation sites (tertiary alicyclic amines) is 1. The molecule has 2 N–H and O–H groups in total. The number of piperidine rings is 2. The summed E-state index contributed by atoms with van der Waals surface area (Å²) in [5, 5.41) is 11.7. The van der Waals surface area contributed by atoms with E-state index in [1.165, 1.54) is 21.7 Å². The van der Waals surface area contributed by atoms with Crippen molar-refractivity contribution in [3.63, 3.8) is 0 Å². The number of anilines is 2. The highest BCUT2D eigenvalue weighted by Gasteiger charge is 2.33. The third-order valence-electron chi connectivity index (χ3n) is 11.5. The summed E-state index contributed by atoms with van der Waals surface area (Å²) >= 11 is 0. The first-order valence-corrected chi connectivity index (χ1v) is 18.7. The lowest BCUT2D eigenvalue weighted by Gasteiger charge is -2.40. The van der Waals surface area contributed by atoms with Crippen molar-refractivity contribution >= 4 is 51.0 Å². The highest BCUT2D eigenvalue weighted by atomic mass is 19.1. The molecule has 0 radical (unpaired) electrons. The molecule has 0 spiro atoms. The van der Waals surface area contributed by atoms with E-state index in [2.05, 4.69) is 30.3 Å². The number of pyridine rings is 2. The Morgan fingerprint density at radius 3 is 2.51 bits per heavy atom. The van der Waals surface area contributed by atoms with E-state index in [0.29, 0.717) is 40.0 Å². The number of nitrogens with one attached hydrogen (secondary N) is 2. The standard InChI is InChI=1S/C40H44FN9O5/c1-46-22-31(28-6-12-42-21-30(28)39(46)53)25-18-33(41)32(35(19-25)55-3)23-48-13-9-26(10-14-48)47(2)38(52)24-7-15-49(16-8-24)27-4-5-29-34(20-27)44-45-37(29)50-17-11-36(51)43-40(50)54/h4-6,12,18-22,24,26H,7-11,13-17,23H2,1-3H3,(H,44,45)(H,43,51,54). The van der Waals surface area contributed by atoms with E-state index in [1.807, 2.05) is 36.2 Å². The Morgan fingerprint density at radius 1 is 0.982 bits per heavy atom. The molecular weight excluding hydrogens is 705 g/mol. The number of carbonyl (C=O) groups is 3. The zero-order valence-corrected chi connectivity index (χ0v) is 31.2. The predicted octanol–water partition coefficient (Wildman–Crippen LogP) is 4.41. The second-order valence-electron chi connectivity index (χ2n) is 14.8. The molecule has 8 rings (SSSR count). The minimum Gasteiger partial charge on any atom is -0.496 e. The molecule has 14 nitrogen and oxygen atoms in total. The van der Waals surface area contributed by atoms with Crippen molar-refractivity contribution in [3.8, 4) is 16.9 Å². The van der Waals surface area contributed by atoms with Crippen LogP contribution >= 0.6 is 0 Å². The second kappa shape index (κ2) is 14.8. The van der Waals surface area contributed by atoms with Gasteiger partial charge in [0.2, 0.25) is 11.8 Å². The summed E-state index contributed by atoms with van der Waals surface area (Å²) in [6.45, 7) is 3.60. The number of methoxy groups -OCH3 is 1. The third kappa shape index (κ3) is 6.88. The van der Waals surface area contributed by atoms with E-state index in [9.17, 15) is 19.2 Å². The minimum atomic E-state index is -0.471. The van der Waals surface area contributed by atoms with Gasteiger partial charge in [-0.1, -0.05) is 0 Å². The van der Waals surface area contributed by atoms with E-state index < -0.39 is 6.03 Å². The van der Waals surface area contributed by atoms with Gasteiger partial charge in [-0.2, -0.15) is 5.10 Å². The van der Waals surface area contributed by atoms with Gasteiger partial charge in [-0.15, -0.1) is 0 Å². The number of aryl methyl sites for hydroxylation is 1. The summed E-state index contributed by atoms with van der Waals surface area (Å²) in [6.07, 6.45) is 8.19. The van der Waals surface area contributed by atoms with Crippen molar-refractivity contribution in [1.82, 2.24) is 34.9 Å². The Hall–Kier alpha value is -5.83. The second-order valence-corrected chi connectivity index (χ2v) is 14.8. The van der Waals surface area contributed by atoms with Gasteiger partial charge in [0.1, 0.15) is 11.6 Å². The Morgan fingerprint density at radius 2 is 1.76 bits per heavy atom. The summed E-state index contributed by atoms with van der Waals surface area (Å²) < 4.78 is 23.1. The van der Waals surface area contributed by atoms with Crippen molar-refractivity contribution < 1.29 is 23.5 Å². The fourth-order valence-electron chi connectivity index (χ4n) is 8.35. The van der Waals surface area contributed by atoms with Crippen LogP contribution in [-0.4, -0.2) is 100 Å². The van der Waals surface area contributed by atoms with Gasteiger partial charge in [0.25, 0.3) is 5.56 Å². The van der Waals surface area contributed by atoms with Gasteiger partial charge in [0.15, 0.2) is 5.82 Å². The van der Waals surface area contributed by atoms with E-state index in [1.54, 1.807) is 32.6 Å². The molecule has 286 valence electrons. The average molecular weight is 750 g/mol. The Balaban J connectivity index is 0.861. The van der Waals surface area contributed by atoms with Crippen molar-refractivity contribution in [1.29, 1.82) is 0 Å². The van der Waals surface area contributed by atoms with Gasteiger partial charge in [-0.25, -0.2) is 9.18 Å². The SMILES string of the molecule is COc1cc(-c2cn(C)c(=O)c3cnccc23)cc(F)c1CN1CCC(N(C)C(=O)C2CCN(c3ccc4c(N5CCC(=O)NC5=O)n[nH]c4c3)CC2)CC1. The molecule has 0 saturated carbocycles. The molecule has 4 amide bonds. The first-order chi connectivity index (χ1) is 26.6. The van der Waals surface area contributed by atoms with Crippen LogP contribution in [0.5, 0.6) is 5.75 Å². The summed E-state index contributed by atoms with van der Waals surface area (Å²) in [4.78, 5) is 62.4. The lowest BCUT2D eigenvalue weighted by Crippen LogP contribution is -2.49. The maximum Gasteiger partial charge on any atom is 0.329 e. The number of fused-ring (bicyclic) bond motifs is 2. The molecular formula is C40H44FN9O5. The van der Waals surface area contributed by atoms with Crippen molar-refractivity contribution in [3.05, 3.63) is 76.7 Å². The topological polar surface area (TPSA) is 149 Å². The molecule has 2 aromatic carbocycles. The van der Waals surface area contributed by atoms with Crippen LogP contribution in [0, 0.1) is 11.7 Å². The smallest absolute Gasteiger partial charge is 0.329 e. The quantitative estimate of drug-likeness (QED) is 0.235. The molecule has 15 heteroatoms. The molecule has 0 atom stereocenters. The number of aromatic amines is 1. The van der Waals surface area contributed by atoms with Crippen molar-refractivity contribution in [2.45, 2.75) is 44.7 Å².